The first kappa shape index (κ1) is 21.5. The van der Waals surface area contributed by atoms with Crippen LogP contribution in [0.1, 0.15) is 105 Å². The fraction of sp³-hybridized carbons (Fsp3) is 0.950. The second-order valence-electron chi connectivity index (χ2n) is 6.96. The van der Waals surface area contributed by atoms with E-state index in [0.29, 0.717) is 18.9 Å². The van der Waals surface area contributed by atoms with Gasteiger partial charge < -0.3 is 4.74 Å². The van der Waals surface area contributed by atoms with Gasteiger partial charge in [-0.2, -0.15) is 0 Å². The van der Waals surface area contributed by atoms with Crippen molar-refractivity contribution in [2.24, 2.45) is 11.8 Å². The van der Waals surface area contributed by atoms with Crippen LogP contribution in [0.4, 0.5) is 0 Å². The van der Waals surface area contributed by atoms with Gasteiger partial charge in [0.25, 0.3) is 0 Å². The maximum Gasteiger partial charge on any atom is 0.305 e. The van der Waals surface area contributed by atoms with Crippen molar-refractivity contribution < 1.29 is 9.53 Å². The Morgan fingerprint density at radius 2 is 1.55 bits per heavy atom. The SMILES string of the molecule is CCCCCCCCCC(=O)OCC(CCC)CC(C)CC. The highest BCUT2D eigenvalue weighted by molar-refractivity contribution is 5.69. The second-order valence-corrected chi connectivity index (χ2v) is 6.96. The molecule has 22 heavy (non-hydrogen) atoms. The fourth-order valence-electron chi connectivity index (χ4n) is 2.92. The molecule has 0 aromatic heterocycles. The molecule has 132 valence electrons. The van der Waals surface area contributed by atoms with Gasteiger partial charge in [-0.15, -0.1) is 0 Å². The number of hydrogen-bond donors (Lipinski definition) is 0. The van der Waals surface area contributed by atoms with Gasteiger partial charge in [0, 0.05) is 6.42 Å². The van der Waals surface area contributed by atoms with E-state index in [4.69, 9.17) is 4.74 Å². The lowest BCUT2D eigenvalue weighted by Crippen LogP contribution is -2.16. The van der Waals surface area contributed by atoms with Gasteiger partial charge in [0.15, 0.2) is 0 Å². The summed E-state index contributed by atoms with van der Waals surface area (Å²) in [7, 11) is 0. The molecular formula is C20H40O2. The lowest BCUT2D eigenvalue weighted by molar-refractivity contribution is -0.145. The Labute approximate surface area is 139 Å². The first-order valence-corrected chi connectivity index (χ1v) is 9.79. The molecule has 0 spiro atoms. The quantitative estimate of drug-likeness (QED) is 0.254. The molecule has 0 aliphatic rings. The summed E-state index contributed by atoms with van der Waals surface area (Å²) in [5.74, 6) is 1.30. The largest absolute Gasteiger partial charge is 0.465 e. The Morgan fingerprint density at radius 1 is 0.909 bits per heavy atom. The van der Waals surface area contributed by atoms with Gasteiger partial charge in [0.1, 0.15) is 0 Å². The molecule has 0 aromatic carbocycles. The third kappa shape index (κ3) is 13.2. The van der Waals surface area contributed by atoms with Gasteiger partial charge in [-0.25, -0.2) is 0 Å². The maximum absolute atomic E-state index is 11.8. The minimum absolute atomic E-state index is 0.0128. The average Bonchev–Trinajstić information content (AvgIpc) is 2.51. The van der Waals surface area contributed by atoms with Crippen LogP contribution in [0.2, 0.25) is 0 Å². The summed E-state index contributed by atoms with van der Waals surface area (Å²) < 4.78 is 5.51. The lowest BCUT2D eigenvalue weighted by Gasteiger charge is -2.19. The highest BCUT2D eigenvalue weighted by Gasteiger charge is 2.14. The summed E-state index contributed by atoms with van der Waals surface area (Å²) >= 11 is 0. The number of carbonyl (C=O) groups is 1. The fourth-order valence-corrected chi connectivity index (χ4v) is 2.92. The van der Waals surface area contributed by atoms with Crippen LogP contribution in [0.15, 0.2) is 0 Å². The molecule has 0 heterocycles. The van der Waals surface area contributed by atoms with E-state index in [1.54, 1.807) is 0 Å². The van der Waals surface area contributed by atoms with E-state index < -0.39 is 0 Å². The van der Waals surface area contributed by atoms with Gasteiger partial charge >= 0.3 is 5.97 Å². The van der Waals surface area contributed by atoms with Crippen LogP contribution in [-0.2, 0) is 9.53 Å². The maximum atomic E-state index is 11.8. The molecule has 0 aliphatic carbocycles. The Morgan fingerprint density at radius 3 is 2.14 bits per heavy atom. The summed E-state index contributed by atoms with van der Waals surface area (Å²) in [6.07, 6.45) is 14.1. The van der Waals surface area contributed by atoms with Crippen molar-refractivity contribution in [1.82, 2.24) is 0 Å². The Bertz CT molecular complexity index is 250. The van der Waals surface area contributed by atoms with E-state index in [0.717, 1.165) is 12.3 Å². The lowest BCUT2D eigenvalue weighted by atomic mass is 9.91. The Hall–Kier alpha value is -0.530. The van der Waals surface area contributed by atoms with Gasteiger partial charge in [-0.05, 0) is 31.1 Å². The minimum Gasteiger partial charge on any atom is -0.465 e. The molecule has 0 saturated carbocycles. The number of unbranched alkanes of at least 4 members (excludes halogenated alkanes) is 6. The van der Waals surface area contributed by atoms with Crippen LogP contribution in [0.25, 0.3) is 0 Å². The molecule has 2 unspecified atom stereocenters. The third-order valence-corrected chi connectivity index (χ3v) is 4.59. The molecule has 0 amide bonds. The highest BCUT2D eigenvalue weighted by Crippen LogP contribution is 2.20. The molecular weight excluding hydrogens is 272 g/mol. The van der Waals surface area contributed by atoms with Crippen molar-refractivity contribution in [1.29, 1.82) is 0 Å². The first-order chi connectivity index (χ1) is 10.6. The number of carbonyl (C=O) groups excluding carboxylic acids is 1. The van der Waals surface area contributed by atoms with Crippen LogP contribution in [0, 0.1) is 11.8 Å². The van der Waals surface area contributed by atoms with Gasteiger partial charge in [-0.3, -0.25) is 4.79 Å². The normalized spacial score (nSPS) is 13.8. The number of hydrogen-bond acceptors (Lipinski definition) is 2. The summed E-state index contributed by atoms with van der Waals surface area (Å²) in [6, 6.07) is 0. The molecule has 0 aliphatic heterocycles. The van der Waals surface area contributed by atoms with E-state index in [9.17, 15) is 4.79 Å². The molecule has 0 N–H and O–H groups in total. The first-order valence-electron chi connectivity index (χ1n) is 9.79. The zero-order chi connectivity index (χ0) is 16.6. The molecule has 0 radical (unpaired) electrons. The zero-order valence-electron chi connectivity index (χ0n) is 15.7. The number of rotatable bonds is 15. The number of esters is 1. The van der Waals surface area contributed by atoms with Crippen LogP contribution < -0.4 is 0 Å². The molecule has 0 aromatic rings. The van der Waals surface area contributed by atoms with E-state index in [-0.39, 0.29) is 5.97 Å². The van der Waals surface area contributed by atoms with E-state index in [2.05, 4.69) is 27.7 Å². The van der Waals surface area contributed by atoms with Gasteiger partial charge in [0.2, 0.25) is 0 Å². The van der Waals surface area contributed by atoms with Crippen LogP contribution >= 0.6 is 0 Å². The molecule has 0 fully saturated rings. The Balaban J connectivity index is 3.67. The van der Waals surface area contributed by atoms with Crippen molar-refractivity contribution in [3.63, 3.8) is 0 Å². The Kier molecular flexibility index (Phi) is 15.0. The predicted molar refractivity (Wildman–Crippen MR) is 96.0 cm³/mol. The zero-order valence-corrected chi connectivity index (χ0v) is 15.7. The summed E-state index contributed by atoms with van der Waals surface area (Å²) in [6.45, 7) is 9.61. The predicted octanol–water partition coefficient (Wildman–Crippen LogP) is 6.52. The molecule has 2 atom stereocenters. The number of ether oxygens (including phenoxy) is 1. The van der Waals surface area contributed by atoms with Crippen LogP contribution in [0.3, 0.4) is 0 Å². The smallest absolute Gasteiger partial charge is 0.305 e. The van der Waals surface area contributed by atoms with Crippen molar-refractivity contribution in [3.8, 4) is 0 Å². The van der Waals surface area contributed by atoms with E-state index >= 15 is 0 Å². The van der Waals surface area contributed by atoms with Crippen LogP contribution in [-0.4, -0.2) is 12.6 Å². The standard InChI is InChI=1S/C20H40O2/c1-5-8-9-10-11-12-13-15-20(21)22-17-19(14-6-2)16-18(4)7-3/h18-19H,5-17H2,1-4H3. The minimum atomic E-state index is 0.0128. The van der Waals surface area contributed by atoms with Crippen molar-refractivity contribution >= 4 is 5.97 Å². The molecule has 0 rings (SSSR count). The second kappa shape index (κ2) is 15.4. The summed E-state index contributed by atoms with van der Waals surface area (Å²) in [5, 5.41) is 0. The summed E-state index contributed by atoms with van der Waals surface area (Å²) in [5.41, 5.74) is 0. The molecule has 2 nitrogen and oxygen atoms in total. The van der Waals surface area contributed by atoms with Crippen molar-refractivity contribution in [2.45, 2.75) is 105 Å². The van der Waals surface area contributed by atoms with Gasteiger partial charge in [-0.1, -0.05) is 79.1 Å². The monoisotopic (exact) mass is 312 g/mol. The molecule has 0 bridgehead atoms. The van der Waals surface area contributed by atoms with Crippen molar-refractivity contribution in [2.75, 3.05) is 6.61 Å². The van der Waals surface area contributed by atoms with Crippen molar-refractivity contribution in [3.05, 3.63) is 0 Å². The summed E-state index contributed by atoms with van der Waals surface area (Å²) in [4.78, 5) is 11.8. The van der Waals surface area contributed by atoms with E-state index in [1.807, 2.05) is 0 Å². The molecule has 0 saturated heterocycles. The van der Waals surface area contributed by atoms with E-state index in [1.165, 1.54) is 64.2 Å². The molecule has 2 heteroatoms. The van der Waals surface area contributed by atoms with Gasteiger partial charge in [0.05, 0.1) is 6.61 Å². The van der Waals surface area contributed by atoms with Crippen LogP contribution in [0.5, 0.6) is 0 Å². The topological polar surface area (TPSA) is 26.3 Å². The third-order valence-electron chi connectivity index (χ3n) is 4.59. The highest BCUT2D eigenvalue weighted by atomic mass is 16.5. The average molecular weight is 313 g/mol.